The van der Waals surface area contributed by atoms with Gasteiger partial charge in [-0.25, -0.2) is 0 Å². The number of aliphatic hydroxyl groups is 1. The molecule has 0 radical (unpaired) electrons. The number of nitrogens with two attached hydrogens (primary N) is 1. The lowest BCUT2D eigenvalue weighted by molar-refractivity contribution is 0.0626. The van der Waals surface area contributed by atoms with Crippen LogP contribution in [0, 0.1) is 5.41 Å². The van der Waals surface area contributed by atoms with Crippen molar-refractivity contribution in [2.24, 2.45) is 11.1 Å². The molecule has 1 atom stereocenters. The van der Waals surface area contributed by atoms with Crippen molar-refractivity contribution in [1.29, 1.82) is 0 Å². The highest BCUT2D eigenvalue weighted by Crippen LogP contribution is 2.47. The fraction of sp³-hybridized carbons (Fsp3) is 0.600. The summed E-state index contributed by atoms with van der Waals surface area (Å²) in [5, 5.41) is 10.2. The van der Waals surface area contributed by atoms with Crippen molar-refractivity contribution in [3.63, 3.8) is 0 Å². The average Bonchev–Trinajstić information content (AvgIpc) is 3.08. The third-order valence-electron chi connectivity index (χ3n) is 3.90. The Balaban J connectivity index is 2.19. The molecule has 2 heteroatoms. The van der Waals surface area contributed by atoms with Gasteiger partial charge in [0.15, 0.2) is 0 Å². The second-order valence-corrected chi connectivity index (χ2v) is 6.38. The fourth-order valence-corrected chi connectivity index (χ4v) is 2.28. The molecule has 0 saturated heterocycles. The molecular formula is C15H23NO. The molecule has 1 aliphatic rings. The maximum Gasteiger partial charge on any atom is 0.0838 e. The van der Waals surface area contributed by atoms with Crippen LogP contribution in [-0.2, 0) is 5.41 Å². The van der Waals surface area contributed by atoms with Gasteiger partial charge in [0, 0.05) is 12.0 Å². The molecule has 2 nitrogen and oxygen atoms in total. The summed E-state index contributed by atoms with van der Waals surface area (Å²) in [4.78, 5) is 0. The average molecular weight is 233 g/mol. The molecule has 0 aliphatic heterocycles. The predicted molar refractivity (Wildman–Crippen MR) is 70.8 cm³/mol. The van der Waals surface area contributed by atoms with Gasteiger partial charge >= 0.3 is 0 Å². The van der Waals surface area contributed by atoms with E-state index in [1.54, 1.807) is 0 Å². The van der Waals surface area contributed by atoms with Gasteiger partial charge in [-0.05, 0) is 29.4 Å². The van der Waals surface area contributed by atoms with Gasteiger partial charge in [-0.2, -0.15) is 0 Å². The molecule has 0 aromatic heterocycles. The first kappa shape index (κ1) is 12.6. The van der Waals surface area contributed by atoms with Crippen molar-refractivity contribution in [2.45, 2.75) is 45.1 Å². The molecule has 1 aromatic carbocycles. The van der Waals surface area contributed by atoms with Crippen LogP contribution in [0.1, 0.15) is 50.8 Å². The van der Waals surface area contributed by atoms with Crippen LogP contribution in [0.5, 0.6) is 0 Å². The minimum Gasteiger partial charge on any atom is -0.388 e. The second kappa shape index (κ2) is 4.11. The van der Waals surface area contributed by atoms with Crippen LogP contribution in [-0.4, -0.2) is 11.7 Å². The van der Waals surface area contributed by atoms with Crippen LogP contribution in [0.2, 0.25) is 0 Å². The van der Waals surface area contributed by atoms with Crippen molar-refractivity contribution in [3.8, 4) is 0 Å². The van der Waals surface area contributed by atoms with E-state index in [1.807, 2.05) is 32.9 Å². The Hall–Kier alpha value is -0.860. The number of hydrogen-bond donors (Lipinski definition) is 2. The van der Waals surface area contributed by atoms with Gasteiger partial charge in [0.25, 0.3) is 0 Å². The molecule has 0 heterocycles. The normalized spacial score (nSPS) is 20.1. The molecule has 17 heavy (non-hydrogen) atoms. The largest absolute Gasteiger partial charge is 0.388 e. The smallest absolute Gasteiger partial charge is 0.0838 e. The van der Waals surface area contributed by atoms with E-state index in [2.05, 4.69) is 12.1 Å². The van der Waals surface area contributed by atoms with Crippen LogP contribution in [0.15, 0.2) is 24.3 Å². The zero-order valence-corrected chi connectivity index (χ0v) is 11.0. The van der Waals surface area contributed by atoms with E-state index >= 15 is 0 Å². The van der Waals surface area contributed by atoms with Gasteiger partial charge in [-0.1, -0.05) is 45.0 Å². The lowest BCUT2D eigenvalue weighted by Crippen LogP contribution is -2.20. The highest BCUT2D eigenvalue weighted by molar-refractivity contribution is 5.35. The van der Waals surface area contributed by atoms with Gasteiger partial charge in [0.2, 0.25) is 0 Å². The summed E-state index contributed by atoms with van der Waals surface area (Å²) >= 11 is 0. The van der Waals surface area contributed by atoms with Crippen LogP contribution >= 0.6 is 0 Å². The summed E-state index contributed by atoms with van der Waals surface area (Å²) in [5.41, 5.74) is 8.26. The first-order chi connectivity index (χ1) is 7.89. The van der Waals surface area contributed by atoms with Crippen LogP contribution in [0.4, 0.5) is 0 Å². The zero-order valence-electron chi connectivity index (χ0n) is 11.0. The fourth-order valence-electron chi connectivity index (χ4n) is 2.28. The van der Waals surface area contributed by atoms with E-state index in [-0.39, 0.29) is 10.8 Å². The lowest BCUT2D eigenvalue weighted by atomic mass is 9.84. The summed E-state index contributed by atoms with van der Waals surface area (Å²) in [5.74, 6) is 0. The Morgan fingerprint density at radius 2 is 1.76 bits per heavy atom. The Morgan fingerprint density at radius 3 is 2.12 bits per heavy atom. The molecular weight excluding hydrogens is 210 g/mol. The Kier molecular flexibility index (Phi) is 3.04. The van der Waals surface area contributed by atoms with Gasteiger partial charge in [-0.15, -0.1) is 0 Å². The Labute approximate surface area is 104 Å². The molecule has 1 unspecified atom stereocenters. The number of aliphatic hydroxyl groups excluding tert-OH is 1. The lowest BCUT2D eigenvalue weighted by Gasteiger charge is -2.26. The standard InChI is InChI=1S/C15H23NO/c1-14(2,3)13(17)11-4-6-12(7-5-11)15(10-16)8-9-15/h4-7,13,17H,8-10,16H2,1-3H3. The number of benzene rings is 1. The van der Waals surface area contributed by atoms with E-state index in [1.165, 1.54) is 18.4 Å². The molecule has 1 saturated carbocycles. The molecule has 1 aromatic rings. The third-order valence-corrected chi connectivity index (χ3v) is 3.90. The van der Waals surface area contributed by atoms with Crippen molar-refractivity contribution in [2.75, 3.05) is 6.54 Å². The van der Waals surface area contributed by atoms with Crippen molar-refractivity contribution < 1.29 is 5.11 Å². The van der Waals surface area contributed by atoms with Crippen LogP contribution in [0.3, 0.4) is 0 Å². The highest BCUT2D eigenvalue weighted by Gasteiger charge is 2.42. The quantitative estimate of drug-likeness (QED) is 0.843. The van der Waals surface area contributed by atoms with E-state index in [4.69, 9.17) is 5.73 Å². The Morgan fingerprint density at radius 1 is 1.24 bits per heavy atom. The molecule has 0 bridgehead atoms. The van der Waals surface area contributed by atoms with Crippen molar-refractivity contribution in [1.82, 2.24) is 0 Å². The topological polar surface area (TPSA) is 46.2 Å². The third kappa shape index (κ3) is 2.38. The van der Waals surface area contributed by atoms with E-state index in [0.717, 1.165) is 12.1 Å². The first-order valence-corrected chi connectivity index (χ1v) is 6.38. The van der Waals surface area contributed by atoms with Crippen LogP contribution in [0.25, 0.3) is 0 Å². The van der Waals surface area contributed by atoms with Crippen LogP contribution < -0.4 is 5.73 Å². The molecule has 3 N–H and O–H groups in total. The minimum absolute atomic E-state index is 0.118. The molecule has 2 rings (SSSR count). The summed E-state index contributed by atoms with van der Waals surface area (Å²) < 4.78 is 0. The number of hydrogen-bond acceptors (Lipinski definition) is 2. The SMILES string of the molecule is CC(C)(C)C(O)c1ccc(C2(CN)CC2)cc1. The van der Waals surface area contributed by atoms with Gasteiger partial charge in [0.05, 0.1) is 6.10 Å². The molecule has 94 valence electrons. The molecule has 0 spiro atoms. The van der Waals surface area contributed by atoms with Crippen molar-refractivity contribution in [3.05, 3.63) is 35.4 Å². The molecule has 1 aliphatic carbocycles. The first-order valence-electron chi connectivity index (χ1n) is 6.38. The monoisotopic (exact) mass is 233 g/mol. The summed E-state index contributed by atoms with van der Waals surface area (Å²) in [6.07, 6.45) is 1.99. The number of rotatable bonds is 3. The van der Waals surface area contributed by atoms with Gasteiger partial charge in [-0.3, -0.25) is 0 Å². The predicted octanol–water partition coefficient (Wildman–Crippen LogP) is 2.76. The summed E-state index contributed by atoms with van der Waals surface area (Å²) in [7, 11) is 0. The van der Waals surface area contributed by atoms with E-state index in [9.17, 15) is 5.11 Å². The highest BCUT2D eigenvalue weighted by atomic mass is 16.3. The van der Waals surface area contributed by atoms with E-state index < -0.39 is 6.10 Å². The van der Waals surface area contributed by atoms with Gasteiger partial charge in [0.1, 0.15) is 0 Å². The maximum atomic E-state index is 10.2. The van der Waals surface area contributed by atoms with E-state index in [0.29, 0.717) is 0 Å². The molecule has 1 fully saturated rings. The minimum atomic E-state index is -0.412. The summed E-state index contributed by atoms with van der Waals surface area (Å²) in [6, 6.07) is 8.34. The molecule has 0 amide bonds. The second-order valence-electron chi connectivity index (χ2n) is 6.38. The maximum absolute atomic E-state index is 10.2. The zero-order chi connectivity index (χ0) is 12.7. The van der Waals surface area contributed by atoms with Crippen molar-refractivity contribution >= 4 is 0 Å². The van der Waals surface area contributed by atoms with Gasteiger partial charge < -0.3 is 10.8 Å². The summed E-state index contributed by atoms with van der Waals surface area (Å²) in [6.45, 7) is 6.88. The Bertz CT molecular complexity index is 384.